The fraction of sp³-hybridized carbons (Fsp3) is 0.600. The van der Waals surface area contributed by atoms with Crippen LogP contribution in [0.4, 0.5) is 0 Å². The maximum Gasteiger partial charge on any atom is 0.150 e. The molecule has 2 atom stereocenters. The number of halogens is 1. The van der Waals surface area contributed by atoms with Gasteiger partial charge in [0.15, 0.2) is 9.84 Å². The van der Waals surface area contributed by atoms with Crippen molar-refractivity contribution in [3.05, 3.63) is 34.3 Å². The number of rotatable bonds is 7. The van der Waals surface area contributed by atoms with Crippen LogP contribution in [0.25, 0.3) is 0 Å². The molecule has 1 aliphatic heterocycles. The molecule has 1 heterocycles. The third kappa shape index (κ3) is 4.77. The molecule has 1 saturated heterocycles. The van der Waals surface area contributed by atoms with Crippen molar-refractivity contribution in [1.82, 2.24) is 5.32 Å². The molecule has 0 radical (unpaired) electrons. The first-order valence-corrected chi connectivity index (χ1v) is 9.79. The number of nitrogens with one attached hydrogen (secondary N) is 1. The molecule has 1 aliphatic rings. The summed E-state index contributed by atoms with van der Waals surface area (Å²) in [7, 11) is -1.19. The summed E-state index contributed by atoms with van der Waals surface area (Å²) in [6.45, 7) is 2.20. The van der Waals surface area contributed by atoms with Gasteiger partial charge in [0.2, 0.25) is 0 Å². The van der Waals surface area contributed by atoms with Crippen LogP contribution < -0.4 is 5.32 Å². The van der Waals surface area contributed by atoms with Gasteiger partial charge in [0.05, 0.1) is 18.1 Å². The first kappa shape index (κ1) is 16.9. The van der Waals surface area contributed by atoms with Gasteiger partial charge in [-0.1, -0.05) is 34.1 Å². The Bertz CT molecular complexity index is 562. The van der Waals surface area contributed by atoms with Gasteiger partial charge in [0.25, 0.3) is 0 Å². The Balaban J connectivity index is 2.13. The summed E-state index contributed by atoms with van der Waals surface area (Å²) in [5.41, 5.74) is 1.18. The summed E-state index contributed by atoms with van der Waals surface area (Å²) in [4.78, 5) is 0. The molecule has 2 unspecified atom stereocenters. The highest BCUT2D eigenvalue weighted by molar-refractivity contribution is 9.10. The summed E-state index contributed by atoms with van der Waals surface area (Å²) in [5, 5.41) is 3.38. The van der Waals surface area contributed by atoms with E-state index in [9.17, 15) is 8.42 Å². The molecule has 4 nitrogen and oxygen atoms in total. The Labute approximate surface area is 135 Å². The molecule has 6 heteroatoms. The van der Waals surface area contributed by atoms with E-state index in [0.29, 0.717) is 18.1 Å². The Kier molecular flexibility index (Phi) is 6.22. The SMILES string of the molecule is COCCNCC(c1ccccc1Br)C1CCS(=O)(=O)C1. The third-order valence-electron chi connectivity index (χ3n) is 3.99. The van der Waals surface area contributed by atoms with Crippen LogP contribution in [0.2, 0.25) is 0 Å². The largest absolute Gasteiger partial charge is 0.383 e. The molecule has 0 aromatic heterocycles. The normalized spacial score (nSPS) is 22.3. The van der Waals surface area contributed by atoms with Crippen molar-refractivity contribution in [2.75, 3.05) is 38.3 Å². The minimum Gasteiger partial charge on any atom is -0.383 e. The van der Waals surface area contributed by atoms with Gasteiger partial charge in [0, 0.05) is 30.6 Å². The second-order valence-electron chi connectivity index (χ2n) is 5.49. The smallest absolute Gasteiger partial charge is 0.150 e. The van der Waals surface area contributed by atoms with Gasteiger partial charge >= 0.3 is 0 Å². The summed E-state index contributed by atoms with van der Waals surface area (Å²) in [6, 6.07) is 8.08. The molecule has 0 amide bonds. The van der Waals surface area contributed by atoms with E-state index in [0.717, 1.165) is 24.0 Å². The fourth-order valence-corrected chi connectivity index (χ4v) is 5.34. The van der Waals surface area contributed by atoms with E-state index < -0.39 is 9.84 Å². The Hall–Kier alpha value is -0.430. The van der Waals surface area contributed by atoms with Crippen LogP contribution in [0.3, 0.4) is 0 Å². The van der Waals surface area contributed by atoms with Crippen molar-refractivity contribution in [2.45, 2.75) is 12.3 Å². The maximum absolute atomic E-state index is 11.8. The van der Waals surface area contributed by atoms with Crippen LogP contribution in [-0.4, -0.2) is 46.7 Å². The average Bonchev–Trinajstić information content (AvgIpc) is 2.80. The second kappa shape index (κ2) is 7.72. The van der Waals surface area contributed by atoms with Gasteiger partial charge in [-0.25, -0.2) is 8.42 Å². The van der Waals surface area contributed by atoms with Crippen molar-refractivity contribution >= 4 is 25.8 Å². The summed E-state index contributed by atoms with van der Waals surface area (Å²) in [6.07, 6.45) is 0.750. The Morgan fingerprint density at radius 1 is 1.43 bits per heavy atom. The molecule has 1 aromatic carbocycles. The van der Waals surface area contributed by atoms with Gasteiger partial charge in [-0.15, -0.1) is 0 Å². The van der Waals surface area contributed by atoms with Crippen molar-refractivity contribution in [1.29, 1.82) is 0 Å². The van der Waals surface area contributed by atoms with Crippen LogP contribution in [0.1, 0.15) is 17.9 Å². The number of hydrogen-bond acceptors (Lipinski definition) is 4. The molecule has 1 fully saturated rings. The third-order valence-corrected chi connectivity index (χ3v) is 6.50. The highest BCUT2D eigenvalue weighted by Crippen LogP contribution is 2.36. The number of hydrogen-bond donors (Lipinski definition) is 1. The van der Waals surface area contributed by atoms with Crippen molar-refractivity contribution in [2.24, 2.45) is 5.92 Å². The van der Waals surface area contributed by atoms with E-state index in [1.165, 1.54) is 5.56 Å². The molecule has 0 aliphatic carbocycles. The van der Waals surface area contributed by atoms with Crippen LogP contribution >= 0.6 is 15.9 Å². The van der Waals surface area contributed by atoms with Gasteiger partial charge < -0.3 is 10.1 Å². The molecular weight excluding hydrogens is 354 g/mol. The lowest BCUT2D eigenvalue weighted by molar-refractivity contribution is 0.198. The zero-order chi connectivity index (χ0) is 15.3. The molecule has 21 heavy (non-hydrogen) atoms. The van der Waals surface area contributed by atoms with Gasteiger partial charge in [0.1, 0.15) is 0 Å². The van der Waals surface area contributed by atoms with Crippen molar-refractivity contribution in [3.63, 3.8) is 0 Å². The lowest BCUT2D eigenvalue weighted by atomic mass is 9.85. The summed E-state index contributed by atoms with van der Waals surface area (Å²) >= 11 is 3.59. The molecule has 118 valence electrons. The molecule has 2 rings (SSSR count). The van der Waals surface area contributed by atoms with E-state index in [4.69, 9.17) is 4.74 Å². The predicted octanol–water partition coefficient (Wildman–Crippen LogP) is 2.20. The highest BCUT2D eigenvalue weighted by atomic mass is 79.9. The predicted molar refractivity (Wildman–Crippen MR) is 88.4 cm³/mol. The minimum atomic E-state index is -2.86. The van der Waals surface area contributed by atoms with E-state index >= 15 is 0 Å². The van der Waals surface area contributed by atoms with E-state index in [1.807, 2.05) is 18.2 Å². The van der Waals surface area contributed by atoms with Crippen LogP contribution in [0.5, 0.6) is 0 Å². The summed E-state index contributed by atoms with van der Waals surface area (Å²) < 4.78 is 29.7. The second-order valence-corrected chi connectivity index (χ2v) is 8.57. The molecule has 0 saturated carbocycles. The number of benzene rings is 1. The van der Waals surface area contributed by atoms with Crippen LogP contribution in [0, 0.1) is 5.92 Å². The Morgan fingerprint density at radius 2 is 2.19 bits per heavy atom. The zero-order valence-electron chi connectivity index (χ0n) is 12.2. The Morgan fingerprint density at radius 3 is 2.81 bits per heavy atom. The molecule has 0 spiro atoms. The quantitative estimate of drug-likeness (QED) is 0.742. The first-order chi connectivity index (χ1) is 10.0. The van der Waals surface area contributed by atoms with Gasteiger partial charge in [-0.05, 0) is 24.0 Å². The lowest BCUT2D eigenvalue weighted by Gasteiger charge is -2.24. The van der Waals surface area contributed by atoms with Crippen molar-refractivity contribution < 1.29 is 13.2 Å². The van der Waals surface area contributed by atoms with Crippen LogP contribution in [0.15, 0.2) is 28.7 Å². The first-order valence-electron chi connectivity index (χ1n) is 7.18. The topological polar surface area (TPSA) is 55.4 Å². The summed E-state index contributed by atoms with van der Waals surface area (Å²) in [5.74, 6) is 1.00. The standard InChI is InChI=1S/C15H22BrNO3S/c1-20-8-7-17-10-14(12-6-9-21(18,19)11-12)13-4-2-3-5-15(13)16/h2-5,12,14,17H,6-11H2,1H3. The van der Waals surface area contributed by atoms with Crippen molar-refractivity contribution in [3.8, 4) is 0 Å². The van der Waals surface area contributed by atoms with E-state index in [1.54, 1.807) is 7.11 Å². The minimum absolute atomic E-state index is 0.184. The molecule has 0 bridgehead atoms. The molecular formula is C15H22BrNO3S. The lowest BCUT2D eigenvalue weighted by Crippen LogP contribution is -2.29. The molecule has 1 aromatic rings. The maximum atomic E-state index is 11.8. The van der Waals surface area contributed by atoms with Gasteiger partial charge in [-0.3, -0.25) is 0 Å². The monoisotopic (exact) mass is 375 g/mol. The highest BCUT2D eigenvalue weighted by Gasteiger charge is 2.34. The zero-order valence-corrected chi connectivity index (χ0v) is 14.6. The van der Waals surface area contributed by atoms with Gasteiger partial charge in [-0.2, -0.15) is 0 Å². The molecule has 1 N–H and O–H groups in total. The number of ether oxygens (including phenoxy) is 1. The van der Waals surface area contributed by atoms with Crippen LogP contribution in [-0.2, 0) is 14.6 Å². The fourth-order valence-electron chi connectivity index (χ4n) is 2.88. The van der Waals surface area contributed by atoms with E-state index in [2.05, 4.69) is 27.3 Å². The number of methoxy groups -OCH3 is 1. The number of sulfone groups is 1. The van der Waals surface area contributed by atoms with E-state index in [-0.39, 0.29) is 11.8 Å². The average molecular weight is 376 g/mol.